The van der Waals surface area contributed by atoms with Gasteiger partial charge in [0.2, 0.25) is 5.88 Å². The number of nitrogens with zero attached hydrogens (tertiary/aromatic N) is 2. The average Bonchev–Trinajstić information content (AvgIpc) is 2.76. The Kier molecular flexibility index (Phi) is 3.85. The minimum atomic E-state index is 0.0617. The van der Waals surface area contributed by atoms with Gasteiger partial charge in [0, 0.05) is 12.1 Å². The number of benzene rings is 1. The van der Waals surface area contributed by atoms with E-state index in [-0.39, 0.29) is 6.04 Å². The van der Waals surface area contributed by atoms with Gasteiger partial charge in [-0.05, 0) is 26.0 Å². The number of ether oxygens (including phenoxy) is 2. The Morgan fingerprint density at radius 1 is 1.25 bits per heavy atom. The van der Waals surface area contributed by atoms with Gasteiger partial charge in [-0.1, -0.05) is 12.1 Å². The number of methoxy groups -OCH3 is 1. The van der Waals surface area contributed by atoms with Crippen LogP contribution in [-0.2, 0) is 0 Å². The van der Waals surface area contributed by atoms with Crippen LogP contribution in [0.1, 0.15) is 25.6 Å². The smallest absolute Gasteiger partial charge is 0.224 e. The van der Waals surface area contributed by atoms with Gasteiger partial charge >= 0.3 is 0 Å². The first-order chi connectivity index (χ1) is 9.58. The highest BCUT2D eigenvalue weighted by Crippen LogP contribution is 2.37. The lowest BCUT2D eigenvalue weighted by molar-refractivity contribution is 0.361. The zero-order valence-corrected chi connectivity index (χ0v) is 11.8. The quantitative estimate of drug-likeness (QED) is 0.925. The van der Waals surface area contributed by atoms with E-state index in [1.54, 1.807) is 29.9 Å². The van der Waals surface area contributed by atoms with Crippen molar-refractivity contribution < 1.29 is 9.47 Å². The highest BCUT2D eigenvalue weighted by molar-refractivity contribution is 5.57. The number of rotatable bonds is 4. The van der Waals surface area contributed by atoms with E-state index in [0.29, 0.717) is 28.8 Å². The molecule has 0 saturated carbocycles. The van der Waals surface area contributed by atoms with Gasteiger partial charge in [-0.15, -0.1) is 0 Å². The molecule has 0 aliphatic carbocycles. The van der Waals surface area contributed by atoms with Crippen molar-refractivity contribution in [2.24, 2.45) is 0 Å². The SMILES string of the molecule is COc1ccccc1Oc1c(N)cc(C#N)n1C(C)C. The molecule has 2 N–H and O–H groups in total. The molecular formula is C15H17N3O2. The van der Waals surface area contributed by atoms with Crippen LogP contribution in [0.4, 0.5) is 5.69 Å². The monoisotopic (exact) mass is 271 g/mol. The largest absolute Gasteiger partial charge is 0.493 e. The predicted molar refractivity (Wildman–Crippen MR) is 77.0 cm³/mol. The summed E-state index contributed by atoms with van der Waals surface area (Å²) in [6, 6.07) is 11.1. The van der Waals surface area contributed by atoms with E-state index in [9.17, 15) is 0 Å². The van der Waals surface area contributed by atoms with Gasteiger partial charge in [0.1, 0.15) is 11.8 Å². The molecule has 0 aliphatic heterocycles. The summed E-state index contributed by atoms with van der Waals surface area (Å²) in [7, 11) is 1.58. The number of hydrogen-bond donors (Lipinski definition) is 1. The summed E-state index contributed by atoms with van der Waals surface area (Å²) in [5, 5.41) is 9.17. The zero-order valence-electron chi connectivity index (χ0n) is 11.8. The average molecular weight is 271 g/mol. The first kappa shape index (κ1) is 13.8. The van der Waals surface area contributed by atoms with Crippen molar-refractivity contribution in [3.8, 4) is 23.4 Å². The molecule has 0 radical (unpaired) electrons. The molecular weight excluding hydrogens is 254 g/mol. The molecule has 0 amide bonds. The Balaban J connectivity index is 2.49. The van der Waals surface area contributed by atoms with Crippen LogP contribution in [0.15, 0.2) is 30.3 Å². The topological polar surface area (TPSA) is 73.2 Å². The van der Waals surface area contributed by atoms with E-state index in [2.05, 4.69) is 6.07 Å². The summed E-state index contributed by atoms with van der Waals surface area (Å²) in [6.45, 7) is 3.94. The van der Waals surface area contributed by atoms with Gasteiger partial charge in [0.15, 0.2) is 11.5 Å². The minimum absolute atomic E-state index is 0.0617. The van der Waals surface area contributed by atoms with Crippen molar-refractivity contribution in [3.05, 3.63) is 36.0 Å². The zero-order chi connectivity index (χ0) is 14.7. The van der Waals surface area contributed by atoms with Crippen molar-refractivity contribution in [1.82, 2.24) is 4.57 Å². The molecule has 0 aliphatic rings. The maximum absolute atomic E-state index is 9.17. The van der Waals surface area contributed by atoms with Crippen molar-refractivity contribution in [2.75, 3.05) is 12.8 Å². The number of nitrogen functional groups attached to an aromatic ring is 1. The molecule has 104 valence electrons. The second-order valence-corrected chi connectivity index (χ2v) is 4.62. The summed E-state index contributed by atoms with van der Waals surface area (Å²) in [5.74, 6) is 1.63. The lowest BCUT2D eigenvalue weighted by Crippen LogP contribution is -2.06. The van der Waals surface area contributed by atoms with Gasteiger partial charge < -0.3 is 15.2 Å². The van der Waals surface area contributed by atoms with Gasteiger partial charge in [-0.25, -0.2) is 0 Å². The van der Waals surface area contributed by atoms with E-state index in [0.717, 1.165) is 0 Å². The van der Waals surface area contributed by atoms with Crippen LogP contribution in [0.2, 0.25) is 0 Å². The van der Waals surface area contributed by atoms with Crippen molar-refractivity contribution >= 4 is 5.69 Å². The molecule has 1 heterocycles. The van der Waals surface area contributed by atoms with E-state index in [1.165, 1.54) is 0 Å². The van der Waals surface area contributed by atoms with Crippen LogP contribution < -0.4 is 15.2 Å². The van der Waals surface area contributed by atoms with Crippen LogP contribution in [0.5, 0.6) is 17.4 Å². The van der Waals surface area contributed by atoms with Crippen LogP contribution in [0.25, 0.3) is 0 Å². The van der Waals surface area contributed by atoms with Crippen molar-refractivity contribution in [2.45, 2.75) is 19.9 Å². The molecule has 0 saturated heterocycles. The van der Waals surface area contributed by atoms with Crippen LogP contribution in [0, 0.1) is 11.3 Å². The number of aromatic nitrogens is 1. The summed E-state index contributed by atoms with van der Waals surface area (Å²) in [6.07, 6.45) is 0. The molecule has 5 heteroatoms. The second-order valence-electron chi connectivity index (χ2n) is 4.62. The second kappa shape index (κ2) is 5.57. The maximum atomic E-state index is 9.17. The highest BCUT2D eigenvalue weighted by atomic mass is 16.5. The molecule has 0 unspecified atom stereocenters. The third-order valence-corrected chi connectivity index (χ3v) is 2.92. The third kappa shape index (κ3) is 2.41. The van der Waals surface area contributed by atoms with Crippen LogP contribution in [0.3, 0.4) is 0 Å². The lowest BCUT2D eigenvalue weighted by Gasteiger charge is -2.16. The summed E-state index contributed by atoms with van der Waals surface area (Å²) >= 11 is 0. The fourth-order valence-electron chi connectivity index (χ4n) is 2.04. The normalized spacial score (nSPS) is 10.3. The van der Waals surface area contributed by atoms with Gasteiger partial charge in [-0.2, -0.15) is 5.26 Å². The number of nitriles is 1. The first-order valence-electron chi connectivity index (χ1n) is 6.30. The summed E-state index contributed by atoms with van der Waals surface area (Å²) in [5.41, 5.74) is 6.86. The fraction of sp³-hybridized carbons (Fsp3) is 0.267. The van der Waals surface area contributed by atoms with E-state index in [1.807, 2.05) is 26.0 Å². The number of hydrogen-bond acceptors (Lipinski definition) is 4. The standard InChI is InChI=1S/C15H17N3O2/c1-10(2)18-11(9-16)8-12(17)15(18)20-14-7-5-4-6-13(14)19-3/h4-8,10H,17H2,1-3H3. The Morgan fingerprint density at radius 2 is 1.90 bits per heavy atom. The highest BCUT2D eigenvalue weighted by Gasteiger charge is 2.18. The molecule has 20 heavy (non-hydrogen) atoms. The summed E-state index contributed by atoms with van der Waals surface area (Å²) < 4.78 is 12.9. The molecule has 1 aromatic carbocycles. The number of para-hydroxylation sites is 2. The van der Waals surface area contributed by atoms with E-state index in [4.69, 9.17) is 20.5 Å². The molecule has 0 bridgehead atoms. The molecule has 0 spiro atoms. The molecule has 1 aromatic heterocycles. The van der Waals surface area contributed by atoms with Gasteiger partial charge in [0.05, 0.1) is 12.8 Å². The van der Waals surface area contributed by atoms with Crippen LogP contribution in [-0.4, -0.2) is 11.7 Å². The minimum Gasteiger partial charge on any atom is -0.493 e. The first-order valence-corrected chi connectivity index (χ1v) is 6.30. The molecule has 5 nitrogen and oxygen atoms in total. The van der Waals surface area contributed by atoms with Gasteiger partial charge in [-0.3, -0.25) is 4.57 Å². The third-order valence-electron chi connectivity index (χ3n) is 2.92. The Morgan fingerprint density at radius 3 is 2.45 bits per heavy atom. The Hall–Kier alpha value is -2.61. The van der Waals surface area contributed by atoms with Gasteiger partial charge in [0.25, 0.3) is 0 Å². The number of anilines is 1. The summed E-state index contributed by atoms with van der Waals surface area (Å²) in [4.78, 5) is 0. The van der Waals surface area contributed by atoms with E-state index >= 15 is 0 Å². The van der Waals surface area contributed by atoms with E-state index < -0.39 is 0 Å². The lowest BCUT2D eigenvalue weighted by atomic mass is 10.3. The predicted octanol–water partition coefficient (Wildman–Crippen LogP) is 3.32. The Bertz CT molecular complexity index is 654. The molecule has 0 atom stereocenters. The molecule has 2 rings (SSSR count). The van der Waals surface area contributed by atoms with Crippen LogP contribution >= 0.6 is 0 Å². The van der Waals surface area contributed by atoms with Crippen molar-refractivity contribution in [3.63, 3.8) is 0 Å². The maximum Gasteiger partial charge on any atom is 0.224 e. The molecule has 2 aromatic rings. The fourth-order valence-corrected chi connectivity index (χ4v) is 2.04. The van der Waals surface area contributed by atoms with Crippen molar-refractivity contribution in [1.29, 1.82) is 5.26 Å². The Labute approximate surface area is 118 Å². The number of nitrogens with two attached hydrogens (primary N) is 1. The molecule has 0 fully saturated rings.